The number of nitrogens with one attached hydrogen (secondary N) is 1. The van der Waals surface area contributed by atoms with Crippen molar-refractivity contribution >= 4 is 0 Å². The molecule has 2 nitrogen and oxygen atoms in total. The van der Waals surface area contributed by atoms with Gasteiger partial charge in [0.2, 0.25) is 0 Å². The summed E-state index contributed by atoms with van der Waals surface area (Å²) in [5, 5.41) is 3.61. The molecule has 2 atom stereocenters. The van der Waals surface area contributed by atoms with E-state index in [0.29, 0.717) is 12.1 Å². The van der Waals surface area contributed by atoms with Crippen molar-refractivity contribution in [2.45, 2.75) is 52.2 Å². The normalized spacial score (nSPS) is 21.8. The average Bonchev–Trinajstić information content (AvgIpc) is 2.41. The van der Waals surface area contributed by atoms with Gasteiger partial charge in [-0.15, -0.1) is 0 Å². The zero-order chi connectivity index (χ0) is 13.0. The van der Waals surface area contributed by atoms with Gasteiger partial charge in [0.1, 0.15) is 0 Å². The molecule has 1 aliphatic rings. The van der Waals surface area contributed by atoms with Crippen molar-refractivity contribution in [2.24, 2.45) is 0 Å². The molecule has 0 saturated carbocycles. The lowest BCUT2D eigenvalue weighted by Crippen LogP contribution is -2.36. The number of benzene rings is 1. The van der Waals surface area contributed by atoms with Gasteiger partial charge in [-0.05, 0) is 56.3 Å². The van der Waals surface area contributed by atoms with Crippen LogP contribution in [0, 0.1) is 13.8 Å². The van der Waals surface area contributed by atoms with E-state index in [9.17, 15) is 0 Å². The van der Waals surface area contributed by atoms with E-state index < -0.39 is 0 Å². The van der Waals surface area contributed by atoms with Gasteiger partial charge in [0.25, 0.3) is 0 Å². The Labute approximate surface area is 111 Å². The molecular formula is C16H25NO. The molecule has 1 saturated heterocycles. The van der Waals surface area contributed by atoms with Crippen molar-refractivity contribution < 1.29 is 4.74 Å². The molecule has 1 aromatic rings. The molecule has 18 heavy (non-hydrogen) atoms. The molecule has 0 radical (unpaired) electrons. The van der Waals surface area contributed by atoms with Crippen LogP contribution in [0.1, 0.15) is 48.9 Å². The Morgan fingerprint density at radius 2 is 2.17 bits per heavy atom. The summed E-state index contributed by atoms with van der Waals surface area (Å²) in [5.41, 5.74) is 4.17. The molecule has 1 aliphatic heterocycles. The van der Waals surface area contributed by atoms with Crippen LogP contribution < -0.4 is 5.32 Å². The lowest BCUT2D eigenvalue weighted by Gasteiger charge is -2.32. The molecule has 100 valence electrons. The molecular weight excluding hydrogens is 222 g/mol. The van der Waals surface area contributed by atoms with E-state index in [0.717, 1.165) is 13.2 Å². The average molecular weight is 247 g/mol. The second kappa shape index (κ2) is 6.35. The van der Waals surface area contributed by atoms with Gasteiger partial charge < -0.3 is 10.1 Å². The van der Waals surface area contributed by atoms with Crippen molar-refractivity contribution in [1.29, 1.82) is 0 Å². The van der Waals surface area contributed by atoms with Crippen molar-refractivity contribution in [2.75, 3.05) is 13.2 Å². The van der Waals surface area contributed by atoms with Crippen LogP contribution in [0.4, 0.5) is 0 Å². The van der Waals surface area contributed by atoms with Crippen LogP contribution in [-0.2, 0) is 4.74 Å². The predicted molar refractivity (Wildman–Crippen MR) is 75.9 cm³/mol. The summed E-state index contributed by atoms with van der Waals surface area (Å²) in [6.45, 7) is 8.47. The van der Waals surface area contributed by atoms with Crippen molar-refractivity contribution in [3.05, 3.63) is 34.9 Å². The van der Waals surface area contributed by atoms with Gasteiger partial charge in [0, 0.05) is 6.61 Å². The molecule has 1 aromatic carbocycles. The fourth-order valence-corrected chi connectivity index (χ4v) is 2.80. The molecule has 1 fully saturated rings. The smallest absolute Gasteiger partial charge is 0.0769 e. The van der Waals surface area contributed by atoms with E-state index in [-0.39, 0.29) is 0 Å². The molecule has 2 unspecified atom stereocenters. The zero-order valence-electron chi connectivity index (χ0n) is 11.8. The van der Waals surface area contributed by atoms with Gasteiger partial charge in [-0.25, -0.2) is 0 Å². The lowest BCUT2D eigenvalue weighted by atomic mass is 9.91. The van der Waals surface area contributed by atoms with Crippen LogP contribution in [0.15, 0.2) is 18.2 Å². The summed E-state index contributed by atoms with van der Waals surface area (Å²) in [7, 11) is 0. The third-order valence-electron chi connectivity index (χ3n) is 3.99. The van der Waals surface area contributed by atoms with Crippen molar-refractivity contribution in [3.8, 4) is 0 Å². The molecule has 2 heteroatoms. The SMILES string of the molecule is CCNC(c1cccc(C)c1C)C1CCCCO1. The minimum absolute atomic E-state index is 0.333. The van der Waals surface area contributed by atoms with E-state index in [4.69, 9.17) is 4.74 Å². The molecule has 0 bridgehead atoms. The molecule has 2 rings (SSSR count). The van der Waals surface area contributed by atoms with Gasteiger partial charge in [-0.1, -0.05) is 25.1 Å². The second-order valence-corrected chi connectivity index (χ2v) is 5.23. The Hall–Kier alpha value is -0.860. The Balaban J connectivity index is 2.25. The minimum atomic E-state index is 0.333. The fourth-order valence-electron chi connectivity index (χ4n) is 2.80. The number of aryl methyl sites for hydroxylation is 1. The Bertz CT molecular complexity index is 383. The van der Waals surface area contributed by atoms with Crippen molar-refractivity contribution in [3.63, 3.8) is 0 Å². The van der Waals surface area contributed by atoms with Crippen LogP contribution in [-0.4, -0.2) is 19.3 Å². The summed E-state index contributed by atoms with van der Waals surface area (Å²) in [6, 6.07) is 6.93. The monoisotopic (exact) mass is 247 g/mol. The molecule has 0 aromatic heterocycles. The fraction of sp³-hybridized carbons (Fsp3) is 0.625. The van der Waals surface area contributed by atoms with Gasteiger partial charge in [-0.3, -0.25) is 0 Å². The Morgan fingerprint density at radius 3 is 2.83 bits per heavy atom. The van der Waals surface area contributed by atoms with E-state index >= 15 is 0 Å². The summed E-state index contributed by atoms with van der Waals surface area (Å²) < 4.78 is 5.98. The van der Waals surface area contributed by atoms with E-state index in [1.165, 1.54) is 36.0 Å². The lowest BCUT2D eigenvalue weighted by molar-refractivity contribution is -0.00800. The first-order chi connectivity index (χ1) is 8.74. The van der Waals surface area contributed by atoms with Crippen LogP contribution in [0.3, 0.4) is 0 Å². The van der Waals surface area contributed by atoms with Gasteiger partial charge in [0.05, 0.1) is 12.1 Å². The predicted octanol–water partition coefficient (Wildman–Crippen LogP) is 3.52. The van der Waals surface area contributed by atoms with Gasteiger partial charge in [-0.2, -0.15) is 0 Å². The number of ether oxygens (including phenoxy) is 1. The summed E-state index contributed by atoms with van der Waals surface area (Å²) in [6.07, 6.45) is 4.00. The molecule has 0 aliphatic carbocycles. The van der Waals surface area contributed by atoms with E-state index in [2.05, 4.69) is 44.3 Å². The summed E-state index contributed by atoms with van der Waals surface area (Å²) in [4.78, 5) is 0. The highest BCUT2D eigenvalue weighted by Gasteiger charge is 2.26. The van der Waals surface area contributed by atoms with Crippen LogP contribution in [0.25, 0.3) is 0 Å². The molecule has 0 amide bonds. The van der Waals surface area contributed by atoms with Crippen LogP contribution in [0.5, 0.6) is 0 Å². The number of likely N-dealkylation sites (N-methyl/N-ethyl adjacent to an activating group) is 1. The maximum absolute atomic E-state index is 5.98. The molecule has 1 N–H and O–H groups in total. The number of hydrogen-bond acceptors (Lipinski definition) is 2. The quantitative estimate of drug-likeness (QED) is 0.879. The van der Waals surface area contributed by atoms with Gasteiger partial charge >= 0.3 is 0 Å². The van der Waals surface area contributed by atoms with Crippen molar-refractivity contribution in [1.82, 2.24) is 5.32 Å². The zero-order valence-corrected chi connectivity index (χ0v) is 11.8. The third kappa shape index (κ3) is 2.93. The molecule has 1 heterocycles. The molecule has 0 spiro atoms. The van der Waals surface area contributed by atoms with Gasteiger partial charge in [0.15, 0.2) is 0 Å². The number of rotatable bonds is 4. The van der Waals surface area contributed by atoms with Crippen LogP contribution >= 0.6 is 0 Å². The summed E-state index contributed by atoms with van der Waals surface area (Å²) >= 11 is 0. The highest BCUT2D eigenvalue weighted by atomic mass is 16.5. The number of hydrogen-bond donors (Lipinski definition) is 1. The Kier molecular flexibility index (Phi) is 4.79. The second-order valence-electron chi connectivity index (χ2n) is 5.23. The maximum atomic E-state index is 5.98. The van der Waals surface area contributed by atoms with E-state index in [1.807, 2.05) is 0 Å². The topological polar surface area (TPSA) is 21.3 Å². The van der Waals surface area contributed by atoms with E-state index in [1.54, 1.807) is 0 Å². The summed E-state index contributed by atoms with van der Waals surface area (Å²) in [5.74, 6) is 0. The first-order valence-corrected chi connectivity index (χ1v) is 7.15. The first kappa shape index (κ1) is 13.6. The first-order valence-electron chi connectivity index (χ1n) is 7.15. The minimum Gasteiger partial charge on any atom is -0.376 e. The highest BCUT2D eigenvalue weighted by Crippen LogP contribution is 2.29. The third-order valence-corrected chi connectivity index (χ3v) is 3.99. The standard InChI is InChI=1S/C16H25NO/c1-4-17-16(15-10-5-6-11-18-15)14-9-7-8-12(2)13(14)3/h7-9,15-17H,4-6,10-11H2,1-3H3. The van der Waals surface area contributed by atoms with Crippen LogP contribution in [0.2, 0.25) is 0 Å². The Morgan fingerprint density at radius 1 is 1.33 bits per heavy atom. The largest absolute Gasteiger partial charge is 0.376 e. The maximum Gasteiger partial charge on any atom is 0.0769 e. The highest BCUT2D eigenvalue weighted by molar-refractivity contribution is 5.36.